The van der Waals surface area contributed by atoms with Crippen LogP contribution in [0.25, 0.3) is 0 Å². The number of methoxy groups -OCH3 is 1. The molecular weight excluding hydrogens is 343 g/mol. The lowest BCUT2D eigenvalue weighted by Gasteiger charge is -2.20. The Balaban J connectivity index is 1.52. The van der Waals surface area contributed by atoms with Crippen molar-refractivity contribution in [3.63, 3.8) is 0 Å². The lowest BCUT2D eigenvalue weighted by Crippen LogP contribution is -2.44. The first kappa shape index (κ1) is 19.2. The van der Waals surface area contributed by atoms with E-state index in [2.05, 4.69) is 44.8 Å². The van der Waals surface area contributed by atoms with Gasteiger partial charge >= 0.3 is 0 Å². The number of nitrogens with zero attached hydrogens (tertiary/aromatic N) is 2. The van der Waals surface area contributed by atoms with Crippen LogP contribution >= 0.6 is 0 Å². The average Bonchev–Trinajstić information content (AvgIpc) is 3.17. The lowest BCUT2D eigenvalue weighted by molar-refractivity contribution is 0.181. The number of halogens is 1. The van der Waals surface area contributed by atoms with Crippen molar-refractivity contribution in [3.05, 3.63) is 65.5 Å². The summed E-state index contributed by atoms with van der Waals surface area (Å²) in [6.45, 7) is 2.81. The van der Waals surface area contributed by atoms with Crippen molar-refractivity contribution >= 4 is 11.6 Å². The molecule has 144 valence electrons. The van der Waals surface area contributed by atoms with Gasteiger partial charge in [0, 0.05) is 51.1 Å². The first-order valence-electron chi connectivity index (χ1n) is 9.23. The molecule has 0 saturated carbocycles. The van der Waals surface area contributed by atoms with Gasteiger partial charge in [0.15, 0.2) is 5.96 Å². The van der Waals surface area contributed by atoms with E-state index in [1.165, 1.54) is 11.8 Å². The smallest absolute Gasteiger partial charge is 0.191 e. The van der Waals surface area contributed by atoms with Gasteiger partial charge in [0.05, 0.1) is 6.61 Å². The van der Waals surface area contributed by atoms with Gasteiger partial charge in [0.2, 0.25) is 0 Å². The van der Waals surface area contributed by atoms with Crippen molar-refractivity contribution in [1.82, 2.24) is 10.6 Å². The van der Waals surface area contributed by atoms with Crippen LogP contribution in [0.2, 0.25) is 0 Å². The highest BCUT2D eigenvalue weighted by Gasteiger charge is 2.23. The summed E-state index contributed by atoms with van der Waals surface area (Å²) in [7, 11) is 3.33. The van der Waals surface area contributed by atoms with Crippen LogP contribution in [0.15, 0.2) is 53.5 Å². The summed E-state index contributed by atoms with van der Waals surface area (Å²) >= 11 is 0. The lowest BCUT2D eigenvalue weighted by atomic mass is 10.1. The predicted octanol–water partition coefficient (Wildman–Crippen LogP) is 2.92. The molecule has 2 aromatic rings. The van der Waals surface area contributed by atoms with Gasteiger partial charge in [-0.3, -0.25) is 4.99 Å². The Morgan fingerprint density at radius 1 is 1.26 bits per heavy atom. The zero-order valence-corrected chi connectivity index (χ0v) is 15.9. The molecule has 2 aromatic carbocycles. The number of ether oxygens (including phenoxy) is 1. The molecule has 1 saturated heterocycles. The number of rotatable bonds is 6. The quantitative estimate of drug-likeness (QED) is 0.606. The van der Waals surface area contributed by atoms with E-state index in [-0.39, 0.29) is 12.4 Å². The standard InChI is InChI=1S/C21H27FN4O/c1-23-21(24-13-16-8-9-20(22)17(12-16)15-27-2)25-18-10-11-26(14-18)19-6-4-3-5-7-19/h3-9,12,18H,10-11,13-15H2,1-2H3,(H2,23,24,25). The van der Waals surface area contributed by atoms with Crippen molar-refractivity contribution in [3.8, 4) is 0 Å². The molecule has 1 unspecified atom stereocenters. The van der Waals surface area contributed by atoms with Gasteiger partial charge in [0.25, 0.3) is 0 Å². The summed E-state index contributed by atoms with van der Waals surface area (Å²) < 4.78 is 18.8. The Morgan fingerprint density at radius 3 is 2.81 bits per heavy atom. The zero-order chi connectivity index (χ0) is 19.1. The Bertz CT molecular complexity index is 766. The maximum Gasteiger partial charge on any atom is 0.191 e. The fourth-order valence-electron chi connectivity index (χ4n) is 3.33. The molecule has 3 rings (SSSR count). The second kappa shape index (κ2) is 9.37. The van der Waals surface area contributed by atoms with E-state index in [1.54, 1.807) is 20.2 Å². The Labute approximate surface area is 160 Å². The number of anilines is 1. The van der Waals surface area contributed by atoms with E-state index >= 15 is 0 Å². The molecule has 1 fully saturated rings. The van der Waals surface area contributed by atoms with E-state index < -0.39 is 0 Å². The van der Waals surface area contributed by atoms with Crippen molar-refractivity contribution in [2.24, 2.45) is 4.99 Å². The number of nitrogens with one attached hydrogen (secondary N) is 2. The minimum atomic E-state index is -0.241. The number of hydrogen-bond acceptors (Lipinski definition) is 3. The minimum absolute atomic E-state index is 0.241. The van der Waals surface area contributed by atoms with Gasteiger partial charge in [0.1, 0.15) is 5.82 Å². The van der Waals surface area contributed by atoms with Gasteiger partial charge in [-0.05, 0) is 36.2 Å². The van der Waals surface area contributed by atoms with E-state index in [4.69, 9.17) is 4.74 Å². The van der Waals surface area contributed by atoms with Gasteiger partial charge in [-0.2, -0.15) is 0 Å². The molecule has 0 radical (unpaired) electrons. The third-order valence-electron chi connectivity index (χ3n) is 4.74. The average molecular weight is 370 g/mol. The van der Waals surface area contributed by atoms with E-state index in [9.17, 15) is 4.39 Å². The van der Waals surface area contributed by atoms with Gasteiger partial charge in [-0.15, -0.1) is 0 Å². The molecule has 0 aromatic heterocycles. The van der Waals surface area contributed by atoms with Crippen LogP contribution < -0.4 is 15.5 Å². The van der Waals surface area contributed by atoms with Crippen LogP contribution in [0.4, 0.5) is 10.1 Å². The molecule has 1 heterocycles. The second-order valence-corrected chi connectivity index (χ2v) is 6.70. The van der Waals surface area contributed by atoms with Crippen molar-refractivity contribution < 1.29 is 9.13 Å². The Morgan fingerprint density at radius 2 is 2.07 bits per heavy atom. The number of benzene rings is 2. The number of guanidine groups is 1. The highest BCUT2D eigenvalue weighted by Crippen LogP contribution is 2.19. The first-order chi connectivity index (χ1) is 13.2. The summed E-state index contributed by atoms with van der Waals surface area (Å²) in [6.07, 6.45) is 1.06. The summed E-state index contributed by atoms with van der Waals surface area (Å²) in [5.41, 5.74) is 2.81. The summed E-state index contributed by atoms with van der Waals surface area (Å²) in [6, 6.07) is 15.9. The maximum atomic E-state index is 13.7. The molecule has 6 heteroatoms. The van der Waals surface area contributed by atoms with Crippen molar-refractivity contribution in [1.29, 1.82) is 0 Å². The number of hydrogen-bond donors (Lipinski definition) is 2. The predicted molar refractivity (Wildman–Crippen MR) is 108 cm³/mol. The molecule has 2 N–H and O–H groups in total. The fourth-order valence-corrected chi connectivity index (χ4v) is 3.33. The van der Waals surface area contributed by atoms with E-state index in [1.807, 2.05) is 12.1 Å². The normalized spacial score (nSPS) is 17.2. The molecule has 1 aliphatic rings. The highest BCUT2D eigenvalue weighted by atomic mass is 19.1. The number of aliphatic imine (C=N–C) groups is 1. The molecule has 27 heavy (non-hydrogen) atoms. The molecular formula is C21H27FN4O. The van der Waals surface area contributed by atoms with Crippen LogP contribution in [0.1, 0.15) is 17.5 Å². The SMILES string of the molecule is CN=C(NCc1ccc(F)c(COC)c1)NC1CCN(c2ccccc2)C1. The molecule has 1 atom stereocenters. The van der Waals surface area contributed by atoms with Crippen molar-refractivity contribution in [2.45, 2.75) is 25.6 Å². The summed E-state index contributed by atoms with van der Waals surface area (Å²) in [5.74, 6) is 0.516. The van der Waals surface area contributed by atoms with Crippen LogP contribution in [-0.4, -0.2) is 39.2 Å². The van der Waals surface area contributed by atoms with Gasteiger partial charge in [-0.1, -0.05) is 24.3 Å². The maximum absolute atomic E-state index is 13.7. The largest absolute Gasteiger partial charge is 0.380 e. The van der Waals surface area contributed by atoms with Crippen LogP contribution in [-0.2, 0) is 17.9 Å². The molecule has 0 amide bonds. The van der Waals surface area contributed by atoms with Crippen LogP contribution in [0.5, 0.6) is 0 Å². The topological polar surface area (TPSA) is 48.9 Å². The number of para-hydroxylation sites is 1. The molecule has 1 aliphatic heterocycles. The second-order valence-electron chi connectivity index (χ2n) is 6.70. The Hall–Kier alpha value is -2.60. The molecule has 5 nitrogen and oxygen atoms in total. The van der Waals surface area contributed by atoms with Crippen LogP contribution in [0.3, 0.4) is 0 Å². The minimum Gasteiger partial charge on any atom is -0.380 e. The molecule has 0 spiro atoms. The zero-order valence-electron chi connectivity index (χ0n) is 15.9. The third kappa shape index (κ3) is 5.20. The van der Waals surface area contributed by atoms with E-state index in [0.717, 1.165) is 31.0 Å². The van der Waals surface area contributed by atoms with Crippen molar-refractivity contribution in [2.75, 3.05) is 32.1 Å². The third-order valence-corrected chi connectivity index (χ3v) is 4.74. The fraction of sp³-hybridized carbons (Fsp3) is 0.381. The summed E-state index contributed by atoms with van der Waals surface area (Å²) in [4.78, 5) is 6.69. The summed E-state index contributed by atoms with van der Waals surface area (Å²) in [5, 5.41) is 6.80. The Kier molecular flexibility index (Phi) is 6.65. The molecule has 0 aliphatic carbocycles. The molecule has 0 bridgehead atoms. The monoisotopic (exact) mass is 370 g/mol. The van der Waals surface area contributed by atoms with Gasteiger partial charge < -0.3 is 20.3 Å². The first-order valence-corrected chi connectivity index (χ1v) is 9.23. The van der Waals surface area contributed by atoms with Gasteiger partial charge in [-0.25, -0.2) is 4.39 Å². The van der Waals surface area contributed by atoms with E-state index in [0.29, 0.717) is 18.2 Å². The van der Waals surface area contributed by atoms with Crippen LogP contribution in [0, 0.1) is 5.82 Å². The highest BCUT2D eigenvalue weighted by molar-refractivity contribution is 5.80.